The van der Waals surface area contributed by atoms with Gasteiger partial charge in [-0.2, -0.15) is 0 Å². The maximum atomic E-state index is 13.0. The number of unbranched alkanes of at least 4 members (excludes halogenated alkanes) is 1. The van der Waals surface area contributed by atoms with Gasteiger partial charge in [0.1, 0.15) is 25.0 Å². The van der Waals surface area contributed by atoms with E-state index >= 15 is 0 Å². The van der Waals surface area contributed by atoms with Gasteiger partial charge in [0, 0.05) is 13.0 Å². The highest BCUT2D eigenvalue weighted by Crippen LogP contribution is 2.24. The van der Waals surface area contributed by atoms with Crippen LogP contribution in [0, 0.1) is 0 Å². The number of ether oxygens (including phenoxy) is 2. The molecule has 192 valence electrons. The zero-order valence-electron chi connectivity index (χ0n) is 20.5. The van der Waals surface area contributed by atoms with Crippen LogP contribution in [0.4, 0.5) is 10.5 Å². The summed E-state index contributed by atoms with van der Waals surface area (Å²) < 4.78 is 10.8. The highest BCUT2D eigenvalue weighted by molar-refractivity contribution is 5.98. The van der Waals surface area contributed by atoms with E-state index in [1.165, 1.54) is 0 Å². The molecule has 8 heteroatoms. The normalized spacial score (nSPS) is 11.0. The Morgan fingerprint density at radius 2 is 1.69 bits per heavy atom. The molecule has 2 rings (SSSR count). The molecule has 0 radical (unpaired) electrons. The molecular formula is C28H35N3O5. The van der Waals surface area contributed by atoms with Gasteiger partial charge in [-0.25, -0.2) is 4.79 Å². The smallest absolute Gasteiger partial charge is 0.407 e. The predicted octanol–water partition coefficient (Wildman–Crippen LogP) is 4.74. The van der Waals surface area contributed by atoms with Crippen LogP contribution in [0.3, 0.4) is 0 Å². The third-order valence-corrected chi connectivity index (χ3v) is 5.13. The second kappa shape index (κ2) is 16.5. The summed E-state index contributed by atoms with van der Waals surface area (Å²) in [4.78, 5) is 37.2. The molecule has 3 amide bonds. The van der Waals surface area contributed by atoms with E-state index in [1.807, 2.05) is 30.3 Å². The van der Waals surface area contributed by atoms with Crippen LogP contribution in [0.1, 0.15) is 37.7 Å². The fourth-order valence-electron chi connectivity index (χ4n) is 3.27. The van der Waals surface area contributed by atoms with E-state index in [4.69, 9.17) is 9.47 Å². The van der Waals surface area contributed by atoms with Crippen molar-refractivity contribution < 1.29 is 23.9 Å². The lowest BCUT2D eigenvalue weighted by Gasteiger charge is -2.19. The Morgan fingerprint density at radius 3 is 2.44 bits per heavy atom. The van der Waals surface area contributed by atoms with Crippen LogP contribution in [-0.4, -0.2) is 37.1 Å². The Labute approximate surface area is 212 Å². The number of amides is 3. The van der Waals surface area contributed by atoms with Gasteiger partial charge in [-0.05, 0) is 43.4 Å². The number of para-hydroxylation sites is 2. The van der Waals surface area contributed by atoms with Gasteiger partial charge in [-0.3, -0.25) is 9.59 Å². The Morgan fingerprint density at radius 1 is 0.944 bits per heavy atom. The number of carbonyl (C=O) groups excluding carboxylic acids is 3. The number of nitrogens with one attached hydrogen (secondary N) is 3. The quantitative estimate of drug-likeness (QED) is 0.231. The fourth-order valence-corrected chi connectivity index (χ4v) is 3.27. The van der Waals surface area contributed by atoms with Crippen molar-refractivity contribution in [2.45, 2.75) is 44.8 Å². The molecule has 0 aliphatic carbocycles. The molecule has 2 aromatic carbocycles. The van der Waals surface area contributed by atoms with Crippen molar-refractivity contribution in [3.05, 3.63) is 85.5 Å². The number of anilines is 1. The summed E-state index contributed by atoms with van der Waals surface area (Å²) in [5, 5.41) is 8.36. The number of hydrogen-bond donors (Lipinski definition) is 3. The van der Waals surface area contributed by atoms with Crippen LogP contribution in [-0.2, 0) is 20.9 Å². The number of rotatable bonds is 16. The molecule has 0 aliphatic heterocycles. The largest absolute Gasteiger partial charge is 0.487 e. The summed E-state index contributed by atoms with van der Waals surface area (Å²) in [6.07, 6.45) is 5.18. The minimum absolute atomic E-state index is 0.198. The van der Waals surface area contributed by atoms with Crippen LogP contribution in [0.15, 0.2) is 79.9 Å². The average molecular weight is 494 g/mol. The van der Waals surface area contributed by atoms with Gasteiger partial charge in [0.25, 0.3) is 0 Å². The molecule has 0 bridgehead atoms. The van der Waals surface area contributed by atoms with Crippen molar-refractivity contribution >= 4 is 23.6 Å². The molecule has 0 unspecified atom stereocenters. The van der Waals surface area contributed by atoms with Crippen LogP contribution >= 0.6 is 0 Å². The molecule has 0 aromatic heterocycles. The molecule has 1 atom stereocenters. The van der Waals surface area contributed by atoms with Gasteiger partial charge in [0.15, 0.2) is 0 Å². The molecule has 3 N–H and O–H groups in total. The molecule has 8 nitrogen and oxygen atoms in total. The van der Waals surface area contributed by atoms with E-state index < -0.39 is 12.1 Å². The summed E-state index contributed by atoms with van der Waals surface area (Å²) >= 11 is 0. The third kappa shape index (κ3) is 10.9. The van der Waals surface area contributed by atoms with Gasteiger partial charge in [-0.15, -0.1) is 6.58 Å². The highest BCUT2D eigenvalue weighted by atomic mass is 16.5. The first-order valence-electron chi connectivity index (χ1n) is 12.0. The molecule has 2 aromatic rings. The van der Waals surface area contributed by atoms with E-state index in [-0.39, 0.29) is 24.8 Å². The number of hydrogen-bond acceptors (Lipinski definition) is 5. The topological polar surface area (TPSA) is 106 Å². The summed E-state index contributed by atoms with van der Waals surface area (Å²) in [6, 6.07) is 15.8. The van der Waals surface area contributed by atoms with Crippen molar-refractivity contribution in [1.82, 2.24) is 10.6 Å². The average Bonchev–Trinajstić information content (AvgIpc) is 2.89. The van der Waals surface area contributed by atoms with E-state index in [1.54, 1.807) is 36.4 Å². The molecule has 0 fully saturated rings. The summed E-state index contributed by atoms with van der Waals surface area (Å²) in [6.45, 7) is 8.15. The molecule has 0 heterocycles. The van der Waals surface area contributed by atoms with Crippen molar-refractivity contribution in [1.29, 1.82) is 0 Å². The van der Waals surface area contributed by atoms with Gasteiger partial charge in [0.2, 0.25) is 11.8 Å². The predicted molar refractivity (Wildman–Crippen MR) is 141 cm³/mol. The van der Waals surface area contributed by atoms with Crippen molar-refractivity contribution in [3.8, 4) is 5.75 Å². The molecule has 0 saturated carbocycles. The van der Waals surface area contributed by atoms with Gasteiger partial charge >= 0.3 is 6.09 Å². The maximum absolute atomic E-state index is 13.0. The maximum Gasteiger partial charge on any atom is 0.407 e. The Balaban J connectivity index is 1.85. The summed E-state index contributed by atoms with van der Waals surface area (Å²) in [7, 11) is 0. The molecule has 0 saturated heterocycles. The Bertz CT molecular complexity index is 994. The lowest BCUT2D eigenvalue weighted by molar-refractivity contribution is -0.126. The SMILES string of the molecule is C=CCCC(=O)N[C@@H](CCCCNC(=O)OCc1ccccc1)C(=O)Nc1ccccc1OCC=C. The zero-order valence-corrected chi connectivity index (χ0v) is 20.5. The van der Waals surface area contributed by atoms with E-state index in [9.17, 15) is 14.4 Å². The number of alkyl carbamates (subject to hydrolysis) is 1. The number of carbonyl (C=O) groups is 3. The minimum Gasteiger partial charge on any atom is -0.487 e. The van der Waals surface area contributed by atoms with Crippen molar-refractivity contribution in [3.63, 3.8) is 0 Å². The van der Waals surface area contributed by atoms with Crippen LogP contribution in [0.2, 0.25) is 0 Å². The number of allylic oxidation sites excluding steroid dienone is 1. The monoisotopic (exact) mass is 493 g/mol. The first kappa shape index (κ1) is 28.2. The summed E-state index contributed by atoms with van der Waals surface area (Å²) in [5.74, 6) is -0.0543. The standard InChI is InChI=1S/C28H35N3O5/c1-3-5-18-26(32)30-24(27(33)31-23-15-9-10-17-25(23)35-20-4-2)16-11-12-19-29-28(34)36-21-22-13-7-6-8-14-22/h3-4,6-10,13-15,17,24H,1-2,5,11-12,16,18-21H2,(H,29,34)(H,30,32)(H,31,33)/t24-/m0/s1. The first-order chi connectivity index (χ1) is 17.5. The molecule has 0 aliphatic rings. The second-order valence-electron chi connectivity index (χ2n) is 8.02. The highest BCUT2D eigenvalue weighted by Gasteiger charge is 2.21. The third-order valence-electron chi connectivity index (χ3n) is 5.13. The van der Waals surface area contributed by atoms with Gasteiger partial charge < -0.3 is 25.4 Å². The lowest BCUT2D eigenvalue weighted by atomic mass is 10.1. The van der Waals surface area contributed by atoms with Gasteiger partial charge in [-0.1, -0.05) is 61.2 Å². The summed E-state index contributed by atoms with van der Waals surface area (Å²) in [5.41, 5.74) is 1.42. The van der Waals surface area contributed by atoms with Crippen molar-refractivity contribution in [2.75, 3.05) is 18.5 Å². The molecule has 0 spiro atoms. The van der Waals surface area contributed by atoms with Gasteiger partial charge in [0.05, 0.1) is 5.69 Å². The van der Waals surface area contributed by atoms with Crippen LogP contribution < -0.4 is 20.7 Å². The zero-order chi connectivity index (χ0) is 26.0. The van der Waals surface area contributed by atoms with E-state index in [2.05, 4.69) is 29.1 Å². The number of benzene rings is 2. The second-order valence-corrected chi connectivity index (χ2v) is 8.02. The lowest BCUT2D eigenvalue weighted by Crippen LogP contribution is -2.43. The molecule has 36 heavy (non-hydrogen) atoms. The Kier molecular flexibility index (Phi) is 12.9. The van der Waals surface area contributed by atoms with Crippen LogP contribution in [0.25, 0.3) is 0 Å². The molecular weight excluding hydrogens is 458 g/mol. The Hall–Kier alpha value is -4.07. The van der Waals surface area contributed by atoms with Crippen molar-refractivity contribution in [2.24, 2.45) is 0 Å². The van der Waals surface area contributed by atoms with Crippen LogP contribution in [0.5, 0.6) is 5.75 Å². The minimum atomic E-state index is -0.736. The van der Waals surface area contributed by atoms with E-state index in [0.717, 1.165) is 5.56 Å². The fraction of sp³-hybridized carbons (Fsp3) is 0.321. The first-order valence-corrected chi connectivity index (χ1v) is 12.0. The van der Waals surface area contributed by atoms with E-state index in [0.29, 0.717) is 50.3 Å².